The van der Waals surface area contributed by atoms with E-state index in [4.69, 9.17) is 4.74 Å². The van der Waals surface area contributed by atoms with E-state index in [0.29, 0.717) is 5.92 Å². The van der Waals surface area contributed by atoms with Gasteiger partial charge in [-0.3, -0.25) is 9.59 Å². The van der Waals surface area contributed by atoms with Crippen molar-refractivity contribution in [3.8, 4) is 11.8 Å². The standard InChI is InChI=1S/C25H33NO3.2C2H6/c1-17(2)7-6-8-20-9-10-21-16-24(13-11-22(29-5)12-14-24)25(18(3)27,23(21)15-20)26-19(4)28;2*1-2/h9-10,15,17,22H,7,11-14,16H2,1-5H3,(H,26,28);2*1-2H3. The average Bonchev–Trinajstić information content (AvgIpc) is 3.06. The summed E-state index contributed by atoms with van der Waals surface area (Å²) in [6, 6.07) is 6.19. The molecule has 0 radical (unpaired) electrons. The molecule has 0 heterocycles. The number of carbonyl (C=O) groups is 2. The number of hydrogen-bond donors (Lipinski definition) is 1. The lowest BCUT2D eigenvalue weighted by molar-refractivity contribution is -0.138. The van der Waals surface area contributed by atoms with Crippen LogP contribution in [0, 0.1) is 23.2 Å². The minimum absolute atomic E-state index is 0.00889. The Morgan fingerprint density at radius 2 is 1.73 bits per heavy atom. The van der Waals surface area contributed by atoms with Gasteiger partial charge in [0.05, 0.1) is 6.10 Å². The first-order valence-electron chi connectivity index (χ1n) is 12.7. The SMILES string of the molecule is CC.CC.COC1CCC2(CC1)Cc1ccc(C#CCC(C)C)cc1C2(NC(C)=O)C(C)=O. The molecule has 4 nitrogen and oxygen atoms in total. The normalized spacial score (nSPS) is 25.0. The molecular weight excluding hydrogens is 410 g/mol. The molecule has 1 saturated carbocycles. The van der Waals surface area contributed by atoms with Gasteiger partial charge >= 0.3 is 0 Å². The summed E-state index contributed by atoms with van der Waals surface area (Å²) in [5.74, 6) is 6.84. The van der Waals surface area contributed by atoms with Crippen LogP contribution in [0.25, 0.3) is 0 Å². The Morgan fingerprint density at radius 3 is 2.21 bits per heavy atom. The molecule has 1 unspecified atom stereocenters. The molecular formula is C29H45NO3. The van der Waals surface area contributed by atoms with E-state index in [1.54, 1.807) is 14.0 Å². The second-order valence-electron chi connectivity index (χ2n) is 9.15. The fourth-order valence-corrected chi connectivity index (χ4v) is 5.34. The van der Waals surface area contributed by atoms with Crippen LogP contribution in [0.4, 0.5) is 0 Å². The molecule has 1 aromatic carbocycles. The zero-order valence-electron chi connectivity index (χ0n) is 22.4. The molecule has 1 N–H and O–H groups in total. The zero-order chi connectivity index (χ0) is 25.2. The van der Waals surface area contributed by atoms with Gasteiger partial charge in [0.25, 0.3) is 0 Å². The third-order valence-electron chi connectivity index (χ3n) is 6.70. The summed E-state index contributed by atoms with van der Waals surface area (Å²) in [5.41, 5.74) is 1.71. The van der Waals surface area contributed by atoms with Gasteiger partial charge in [-0.15, -0.1) is 0 Å². The Balaban J connectivity index is 0.00000129. The summed E-state index contributed by atoms with van der Waals surface area (Å²) in [4.78, 5) is 25.5. The molecule has 1 amide bonds. The number of benzene rings is 1. The van der Waals surface area contributed by atoms with Crippen molar-refractivity contribution in [3.63, 3.8) is 0 Å². The van der Waals surface area contributed by atoms with E-state index < -0.39 is 5.54 Å². The van der Waals surface area contributed by atoms with Crippen molar-refractivity contribution < 1.29 is 14.3 Å². The second-order valence-corrected chi connectivity index (χ2v) is 9.15. The molecule has 2 aliphatic carbocycles. The van der Waals surface area contributed by atoms with Gasteiger partial charge in [-0.1, -0.05) is 59.4 Å². The fraction of sp³-hybridized carbons (Fsp3) is 0.655. The maximum Gasteiger partial charge on any atom is 0.217 e. The Morgan fingerprint density at radius 1 is 1.12 bits per heavy atom. The van der Waals surface area contributed by atoms with Gasteiger partial charge in [-0.05, 0) is 68.2 Å². The Labute approximate surface area is 202 Å². The van der Waals surface area contributed by atoms with E-state index in [-0.39, 0.29) is 23.2 Å². The van der Waals surface area contributed by atoms with E-state index in [0.717, 1.165) is 55.2 Å². The van der Waals surface area contributed by atoms with Crippen LogP contribution in [0.15, 0.2) is 18.2 Å². The highest BCUT2D eigenvalue weighted by Gasteiger charge is 2.61. The van der Waals surface area contributed by atoms with Crippen LogP contribution in [-0.2, 0) is 26.3 Å². The van der Waals surface area contributed by atoms with Crippen molar-refractivity contribution in [2.75, 3.05) is 7.11 Å². The summed E-state index contributed by atoms with van der Waals surface area (Å²) in [6.07, 6.45) is 5.38. The Hall–Kier alpha value is -2.12. The molecule has 0 aromatic heterocycles. The molecule has 0 bridgehead atoms. The van der Waals surface area contributed by atoms with E-state index in [1.165, 1.54) is 6.92 Å². The number of fused-ring (bicyclic) bond motifs is 1. The Bertz CT molecular complexity index is 853. The van der Waals surface area contributed by atoms with Crippen LogP contribution < -0.4 is 5.32 Å². The monoisotopic (exact) mass is 455 g/mol. The number of rotatable bonds is 4. The number of carbonyl (C=O) groups excluding carboxylic acids is 2. The predicted octanol–water partition coefficient (Wildman–Crippen LogP) is 6.19. The maximum atomic E-state index is 13.2. The summed E-state index contributed by atoms with van der Waals surface area (Å²) in [7, 11) is 1.75. The van der Waals surface area contributed by atoms with Crippen molar-refractivity contribution in [2.45, 2.75) is 106 Å². The molecule has 3 rings (SSSR count). The van der Waals surface area contributed by atoms with Gasteiger partial charge in [0.2, 0.25) is 5.91 Å². The number of methoxy groups -OCH3 is 1. The van der Waals surface area contributed by atoms with Crippen LogP contribution in [-0.4, -0.2) is 24.9 Å². The van der Waals surface area contributed by atoms with Gasteiger partial charge < -0.3 is 10.1 Å². The number of ether oxygens (including phenoxy) is 1. The van der Waals surface area contributed by atoms with Crippen LogP contribution in [0.1, 0.15) is 104 Å². The fourth-order valence-electron chi connectivity index (χ4n) is 5.34. The molecule has 184 valence electrons. The molecule has 0 saturated heterocycles. The molecule has 4 heteroatoms. The number of Topliss-reactive ketones (excluding diaryl/α,β-unsaturated/α-hetero) is 1. The molecule has 2 aliphatic rings. The van der Waals surface area contributed by atoms with Gasteiger partial charge in [0.1, 0.15) is 5.54 Å². The van der Waals surface area contributed by atoms with Crippen molar-refractivity contribution in [1.29, 1.82) is 0 Å². The molecule has 1 spiro atoms. The van der Waals surface area contributed by atoms with Gasteiger partial charge in [0, 0.05) is 31.4 Å². The predicted molar refractivity (Wildman–Crippen MR) is 137 cm³/mol. The number of amides is 1. The highest BCUT2D eigenvalue weighted by atomic mass is 16.5. The third kappa shape index (κ3) is 6.07. The summed E-state index contributed by atoms with van der Waals surface area (Å²) in [5, 5.41) is 3.13. The van der Waals surface area contributed by atoms with E-state index in [1.807, 2.05) is 39.8 Å². The highest BCUT2D eigenvalue weighted by molar-refractivity contribution is 5.94. The van der Waals surface area contributed by atoms with Crippen molar-refractivity contribution in [1.82, 2.24) is 5.32 Å². The highest BCUT2D eigenvalue weighted by Crippen LogP contribution is 2.58. The lowest BCUT2D eigenvalue weighted by atomic mass is 9.60. The lowest BCUT2D eigenvalue weighted by Gasteiger charge is -2.49. The minimum Gasteiger partial charge on any atom is -0.381 e. The smallest absolute Gasteiger partial charge is 0.217 e. The molecule has 0 aliphatic heterocycles. The molecule has 1 atom stereocenters. The van der Waals surface area contributed by atoms with E-state index in [9.17, 15) is 9.59 Å². The number of hydrogen-bond acceptors (Lipinski definition) is 3. The average molecular weight is 456 g/mol. The van der Waals surface area contributed by atoms with Crippen LogP contribution in [0.3, 0.4) is 0 Å². The number of nitrogens with one attached hydrogen (secondary N) is 1. The molecule has 33 heavy (non-hydrogen) atoms. The van der Waals surface area contributed by atoms with Crippen molar-refractivity contribution in [3.05, 3.63) is 34.9 Å². The lowest BCUT2D eigenvalue weighted by Crippen LogP contribution is -2.60. The second kappa shape index (κ2) is 12.9. The first-order valence-corrected chi connectivity index (χ1v) is 12.7. The number of ketones is 1. The van der Waals surface area contributed by atoms with E-state index >= 15 is 0 Å². The summed E-state index contributed by atoms with van der Waals surface area (Å²) >= 11 is 0. The Kier molecular flexibility index (Phi) is 11.3. The molecule has 1 aromatic rings. The third-order valence-corrected chi connectivity index (χ3v) is 6.70. The topological polar surface area (TPSA) is 55.4 Å². The van der Waals surface area contributed by atoms with E-state index in [2.05, 4.69) is 37.1 Å². The van der Waals surface area contributed by atoms with Crippen LogP contribution in [0.2, 0.25) is 0 Å². The van der Waals surface area contributed by atoms with Gasteiger partial charge in [-0.2, -0.15) is 0 Å². The first kappa shape index (κ1) is 28.9. The largest absolute Gasteiger partial charge is 0.381 e. The van der Waals surface area contributed by atoms with Crippen LogP contribution in [0.5, 0.6) is 0 Å². The zero-order valence-corrected chi connectivity index (χ0v) is 22.4. The van der Waals surface area contributed by atoms with Crippen molar-refractivity contribution in [2.24, 2.45) is 11.3 Å². The quantitative estimate of drug-likeness (QED) is 0.551. The summed E-state index contributed by atoms with van der Waals surface area (Å²) < 4.78 is 5.57. The molecule has 1 fully saturated rings. The van der Waals surface area contributed by atoms with Crippen LogP contribution >= 0.6 is 0 Å². The van der Waals surface area contributed by atoms with Gasteiger partial charge in [0.15, 0.2) is 5.78 Å². The van der Waals surface area contributed by atoms with Crippen molar-refractivity contribution >= 4 is 11.7 Å². The first-order chi connectivity index (χ1) is 15.7. The summed E-state index contributed by atoms with van der Waals surface area (Å²) in [6.45, 7) is 15.4. The maximum absolute atomic E-state index is 13.2. The van der Waals surface area contributed by atoms with Gasteiger partial charge in [-0.25, -0.2) is 0 Å². The minimum atomic E-state index is -0.984.